The van der Waals surface area contributed by atoms with E-state index in [9.17, 15) is 8.42 Å². The van der Waals surface area contributed by atoms with Crippen molar-refractivity contribution in [1.82, 2.24) is 19.7 Å². The Hall–Kier alpha value is -1.58. The van der Waals surface area contributed by atoms with Crippen molar-refractivity contribution in [1.29, 1.82) is 0 Å². The molecule has 3 rings (SSSR count). The van der Waals surface area contributed by atoms with Gasteiger partial charge in [0.25, 0.3) is 0 Å². The number of thiazole rings is 1. The van der Waals surface area contributed by atoms with Gasteiger partial charge in [-0.15, -0.1) is 11.3 Å². The van der Waals surface area contributed by atoms with Crippen LogP contribution in [-0.2, 0) is 29.3 Å². The van der Waals surface area contributed by atoms with Gasteiger partial charge < -0.3 is 5.73 Å². The molecule has 0 spiro atoms. The molecule has 9 heteroatoms. The highest BCUT2D eigenvalue weighted by molar-refractivity contribution is 7.89. The minimum Gasteiger partial charge on any atom is -0.368 e. The Labute approximate surface area is 133 Å². The number of nitrogens with one attached hydrogen (secondary N) is 1. The van der Waals surface area contributed by atoms with Crippen molar-refractivity contribution in [2.75, 3.05) is 12.3 Å². The van der Waals surface area contributed by atoms with Gasteiger partial charge in [-0.1, -0.05) is 0 Å². The molecule has 2 aromatic heterocycles. The van der Waals surface area contributed by atoms with Crippen molar-refractivity contribution in [2.45, 2.75) is 37.0 Å². The Kier molecular flexibility index (Phi) is 4.37. The average molecular weight is 339 g/mol. The lowest BCUT2D eigenvalue weighted by atomic mass is 10.0. The smallest absolute Gasteiger partial charge is 0.243 e. The molecule has 22 heavy (non-hydrogen) atoms. The Bertz CT molecular complexity index is 732. The Morgan fingerprint density at radius 2 is 1.95 bits per heavy atom. The second kappa shape index (κ2) is 6.27. The zero-order valence-corrected chi connectivity index (χ0v) is 13.6. The summed E-state index contributed by atoms with van der Waals surface area (Å²) in [6.45, 7) is 0.305. The normalized spacial score (nSPS) is 14.7. The lowest BCUT2D eigenvalue weighted by molar-refractivity contribution is 0.580. The van der Waals surface area contributed by atoms with Gasteiger partial charge in [0.2, 0.25) is 16.0 Å². The molecule has 2 aromatic rings. The van der Waals surface area contributed by atoms with Gasteiger partial charge in [0, 0.05) is 17.8 Å². The molecule has 0 unspecified atom stereocenters. The highest BCUT2D eigenvalue weighted by Gasteiger charge is 2.17. The van der Waals surface area contributed by atoms with Crippen LogP contribution in [-0.4, -0.2) is 29.9 Å². The van der Waals surface area contributed by atoms with Crippen molar-refractivity contribution in [3.05, 3.63) is 28.0 Å². The number of aromatic nitrogens is 3. The van der Waals surface area contributed by atoms with Crippen molar-refractivity contribution >= 4 is 27.3 Å². The minimum atomic E-state index is -3.60. The van der Waals surface area contributed by atoms with Crippen molar-refractivity contribution in [2.24, 2.45) is 0 Å². The van der Waals surface area contributed by atoms with Crippen LogP contribution < -0.4 is 10.5 Å². The maximum atomic E-state index is 12.1. The standard InChI is InChI=1S/C13H17N5O2S2/c14-13-15-7-9(8-16-13)22(19,20)17-6-5-12-18-10-3-1-2-4-11(10)21-12/h7-8,17H,1-6H2,(H2,14,15,16). The van der Waals surface area contributed by atoms with Crippen LogP contribution in [0.5, 0.6) is 0 Å². The van der Waals surface area contributed by atoms with E-state index in [2.05, 4.69) is 19.7 Å². The van der Waals surface area contributed by atoms with Gasteiger partial charge in [-0.2, -0.15) is 0 Å². The van der Waals surface area contributed by atoms with Crippen molar-refractivity contribution in [3.63, 3.8) is 0 Å². The molecule has 7 nitrogen and oxygen atoms in total. The van der Waals surface area contributed by atoms with Crippen LogP contribution in [0, 0.1) is 0 Å². The molecule has 3 N–H and O–H groups in total. The summed E-state index contributed by atoms with van der Waals surface area (Å²) < 4.78 is 26.7. The molecule has 2 heterocycles. The largest absolute Gasteiger partial charge is 0.368 e. The quantitative estimate of drug-likeness (QED) is 0.838. The van der Waals surface area contributed by atoms with E-state index < -0.39 is 10.0 Å². The fourth-order valence-corrected chi connectivity index (χ4v) is 4.43. The molecule has 0 aliphatic heterocycles. The van der Waals surface area contributed by atoms with E-state index in [0.717, 1.165) is 17.8 Å². The van der Waals surface area contributed by atoms with Gasteiger partial charge in [0.15, 0.2) is 0 Å². The van der Waals surface area contributed by atoms with E-state index in [0.29, 0.717) is 13.0 Å². The van der Waals surface area contributed by atoms with Gasteiger partial charge in [0.05, 0.1) is 23.1 Å². The van der Waals surface area contributed by atoms with E-state index in [1.165, 1.54) is 35.8 Å². The first-order valence-electron chi connectivity index (χ1n) is 7.09. The summed E-state index contributed by atoms with van der Waals surface area (Å²) in [7, 11) is -3.60. The fraction of sp³-hybridized carbons (Fsp3) is 0.462. The van der Waals surface area contributed by atoms with Crippen LogP contribution in [0.1, 0.15) is 28.4 Å². The number of sulfonamides is 1. The molecule has 1 aliphatic rings. The molecule has 0 amide bonds. The monoisotopic (exact) mass is 339 g/mol. The summed E-state index contributed by atoms with van der Waals surface area (Å²) >= 11 is 1.70. The van der Waals surface area contributed by atoms with Gasteiger partial charge in [-0.05, 0) is 25.7 Å². The molecule has 0 saturated carbocycles. The number of fused-ring (bicyclic) bond motifs is 1. The van der Waals surface area contributed by atoms with Gasteiger partial charge in [-0.3, -0.25) is 0 Å². The molecule has 0 aromatic carbocycles. The van der Waals surface area contributed by atoms with Crippen LogP contribution in [0.2, 0.25) is 0 Å². The Morgan fingerprint density at radius 3 is 2.68 bits per heavy atom. The lowest BCUT2D eigenvalue weighted by Crippen LogP contribution is -2.26. The molecule has 0 bridgehead atoms. The first kappa shape index (κ1) is 15.3. The van der Waals surface area contributed by atoms with Gasteiger partial charge in [-0.25, -0.2) is 28.1 Å². The van der Waals surface area contributed by atoms with Crippen molar-refractivity contribution < 1.29 is 8.42 Å². The Morgan fingerprint density at radius 1 is 1.23 bits per heavy atom. The zero-order chi connectivity index (χ0) is 15.6. The SMILES string of the molecule is Nc1ncc(S(=O)(=O)NCCc2nc3c(s2)CCCC3)cn1. The predicted octanol–water partition coefficient (Wildman–Crippen LogP) is 0.915. The molecule has 1 aliphatic carbocycles. The minimum absolute atomic E-state index is 0.0140. The molecule has 118 valence electrons. The zero-order valence-electron chi connectivity index (χ0n) is 11.9. The van der Waals surface area contributed by atoms with Crippen LogP contribution in [0.15, 0.2) is 17.3 Å². The first-order chi connectivity index (χ1) is 10.5. The first-order valence-corrected chi connectivity index (χ1v) is 9.39. The summed E-state index contributed by atoms with van der Waals surface area (Å²) in [4.78, 5) is 13.4. The predicted molar refractivity (Wildman–Crippen MR) is 84.1 cm³/mol. The van der Waals surface area contributed by atoms with E-state index in [-0.39, 0.29) is 10.8 Å². The maximum Gasteiger partial charge on any atom is 0.243 e. The average Bonchev–Trinajstić information content (AvgIpc) is 2.90. The number of hydrogen-bond acceptors (Lipinski definition) is 7. The maximum absolute atomic E-state index is 12.1. The van der Waals surface area contributed by atoms with Crippen LogP contribution in [0.25, 0.3) is 0 Å². The summed E-state index contributed by atoms with van der Waals surface area (Å²) in [6, 6.07) is 0. The molecule has 0 atom stereocenters. The van der Waals surface area contributed by atoms with Crippen LogP contribution >= 0.6 is 11.3 Å². The van der Waals surface area contributed by atoms with E-state index >= 15 is 0 Å². The molecule has 0 radical (unpaired) electrons. The van der Waals surface area contributed by atoms with E-state index in [4.69, 9.17) is 5.73 Å². The summed E-state index contributed by atoms with van der Waals surface area (Å²) in [5, 5.41) is 0.989. The third-order valence-corrected chi connectivity index (χ3v) is 6.11. The van der Waals surface area contributed by atoms with E-state index in [1.807, 2.05) is 0 Å². The number of anilines is 1. The molecular formula is C13H17N5O2S2. The van der Waals surface area contributed by atoms with Crippen molar-refractivity contribution in [3.8, 4) is 0 Å². The third kappa shape index (κ3) is 3.42. The second-order valence-corrected chi connectivity index (χ2v) is 8.04. The number of aryl methyl sites for hydroxylation is 2. The molecular weight excluding hydrogens is 322 g/mol. The number of nitrogens with two attached hydrogens (primary N) is 1. The number of nitrogens with zero attached hydrogens (tertiary/aromatic N) is 3. The Balaban J connectivity index is 1.60. The van der Waals surface area contributed by atoms with Crippen LogP contribution in [0.4, 0.5) is 5.95 Å². The third-order valence-electron chi connectivity index (χ3n) is 3.48. The molecule has 0 fully saturated rings. The number of hydrogen-bond donors (Lipinski definition) is 2. The summed E-state index contributed by atoms with van der Waals surface area (Å²) in [6.07, 6.45) is 7.55. The molecule has 0 saturated heterocycles. The highest BCUT2D eigenvalue weighted by atomic mass is 32.2. The van der Waals surface area contributed by atoms with Gasteiger partial charge in [0.1, 0.15) is 4.90 Å². The van der Waals surface area contributed by atoms with Crippen LogP contribution in [0.3, 0.4) is 0 Å². The lowest BCUT2D eigenvalue weighted by Gasteiger charge is -2.06. The van der Waals surface area contributed by atoms with E-state index in [1.54, 1.807) is 11.3 Å². The summed E-state index contributed by atoms with van der Waals surface area (Å²) in [5.74, 6) is 0.0484. The highest BCUT2D eigenvalue weighted by Crippen LogP contribution is 2.26. The number of rotatable bonds is 5. The van der Waals surface area contributed by atoms with Gasteiger partial charge >= 0.3 is 0 Å². The second-order valence-electron chi connectivity index (χ2n) is 5.11. The summed E-state index contributed by atoms with van der Waals surface area (Å²) in [5.41, 5.74) is 6.55. The number of nitrogen functional groups attached to an aromatic ring is 1. The fourth-order valence-electron chi connectivity index (χ4n) is 2.35. The topological polar surface area (TPSA) is 111 Å².